The van der Waals surface area contributed by atoms with Gasteiger partial charge in [0.15, 0.2) is 0 Å². The summed E-state index contributed by atoms with van der Waals surface area (Å²) in [6, 6.07) is 19.8. The zero-order chi connectivity index (χ0) is 23.6. The molecule has 8 heteroatoms. The quantitative estimate of drug-likeness (QED) is 0.402. The first kappa shape index (κ1) is 23.2. The smallest absolute Gasteiger partial charge is 0.308 e. The Kier molecular flexibility index (Phi) is 6.69. The summed E-state index contributed by atoms with van der Waals surface area (Å²) in [6.45, 7) is 6.43. The van der Waals surface area contributed by atoms with Crippen LogP contribution < -0.4 is 14.3 Å². The second kappa shape index (κ2) is 9.51. The van der Waals surface area contributed by atoms with Crippen molar-refractivity contribution in [2.75, 3.05) is 6.61 Å². The number of thiazole rings is 1. The molecule has 1 atom stereocenters. The fraction of sp³-hybridized carbons (Fsp3) is 0.240. The second-order valence-electron chi connectivity index (χ2n) is 8.15. The summed E-state index contributed by atoms with van der Waals surface area (Å²) < 4.78 is 36.6. The number of nitrogens with zero attached hydrogens (tertiary/aromatic N) is 1. The van der Waals surface area contributed by atoms with Gasteiger partial charge in [-0.1, -0.05) is 47.7 Å². The van der Waals surface area contributed by atoms with Crippen molar-refractivity contribution in [2.24, 2.45) is 0 Å². The third-order valence-corrected chi connectivity index (χ3v) is 8.00. The summed E-state index contributed by atoms with van der Waals surface area (Å²) in [4.78, 5) is 12.6. The second-order valence-corrected chi connectivity index (χ2v) is 10.9. The largest absolute Gasteiger partial charge is 0.492 e. The van der Waals surface area contributed by atoms with Crippen molar-refractivity contribution >= 4 is 31.6 Å². The van der Waals surface area contributed by atoms with Gasteiger partial charge in [-0.25, -0.2) is 13.1 Å². The number of benzene rings is 3. The maximum absolute atomic E-state index is 12.9. The van der Waals surface area contributed by atoms with Gasteiger partial charge in [0.1, 0.15) is 12.4 Å². The minimum atomic E-state index is -3.77. The maximum atomic E-state index is 12.9. The topological polar surface area (TPSA) is 77.4 Å². The Balaban J connectivity index is 1.49. The SMILES string of the molecule is Cc1ccc(OCC(C)NS(=O)(=O)c2ccc3c(c2)sc(=O)n3Cc2ccccc2)cc1C. The number of hydrogen-bond acceptors (Lipinski definition) is 5. The highest BCUT2D eigenvalue weighted by Crippen LogP contribution is 2.23. The summed E-state index contributed by atoms with van der Waals surface area (Å²) in [6.07, 6.45) is 0. The molecule has 33 heavy (non-hydrogen) atoms. The van der Waals surface area contributed by atoms with Gasteiger partial charge in [-0.05, 0) is 67.8 Å². The molecule has 4 aromatic rings. The van der Waals surface area contributed by atoms with Gasteiger partial charge in [-0.3, -0.25) is 9.36 Å². The molecular weight excluding hydrogens is 456 g/mol. The molecule has 6 nitrogen and oxygen atoms in total. The van der Waals surface area contributed by atoms with Gasteiger partial charge in [0, 0.05) is 0 Å². The molecular formula is C25H26N2O4S2. The van der Waals surface area contributed by atoms with Crippen LogP contribution in [0.2, 0.25) is 0 Å². The van der Waals surface area contributed by atoms with E-state index in [1.54, 1.807) is 23.6 Å². The highest BCUT2D eigenvalue weighted by molar-refractivity contribution is 7.89. The molecule has 0 aliphatic carbocycles. The number of ether oxygens (including phenoxy) is 1. The van der Waals surface area contributed by atoms with E-state index < -0.39 is 16.1 Å². The normalized spacial score (nSPS) is 12.7. The molecule has 0 amide bonds. The Morgan fingerprint density at radius 1 is 1.00 bits per heavy atom. The first-order valence-corrected chi connectivity index (χ1v) is 12.9. The molecule has 0 radical (unpaired) electrons. The maximum Gasteiger partial charge on any atom is 0.308 e. The number of fused-ring (bicyclic) bond motifs is 1. The molecule has 0 spiro atoms. The van der Waals surface area contributed by atoms with E-state index in [2.05, 4.69) is 4.72 Å². The first-order valence-electron chi connectivity index (χ1n) is 10.6. The van der Waals surface area contributed by atoms with E-state index in [1.165, 1.54) is 11.6 Å². The van der Waals surface area contributed by atoms with Crippen LogP contribution in [0.15, 0.2) is 76.4 Å². The van der Waals surface area contributed by atoms with Crippen LogP contribution in [-0.4, -0.2) is 25.6 Å². The Hall–Kier alpha value is -2.94. The average molecular weight is 483 g/mol. The molecule has 172 valence electrons. The zero-order valence-electron chi connectivity index (χ0n) is 18.7. The Morgan fingerprint density at radius 2 is 1.76 bits per heavy atom. The average Bonchev–Trinajstić information content (AvgIpc) is 3.09. The van der Waals surface area contributed by atoms with Gasteiger partial charge >= 0.3 is 4.87 Å². The fourth-order valence-corrected chi connectivity index (χ4v) is 5.78. The van der Waals surface area contributed by atoms with Crippen LogP contribution in [0.25, 0.3) is 10.2 Å². The number of aryl methyl sites for hydroxylation is 2. The highest BCUT2D eigenvalue weighted by Gasteiger charge is 2.20. The third kappa shape index (κ3) is 5.35. The number of nitrogens with one attached hydrogen (secondary N) is 1. The molecule has 0 aliphatic heterocycles. The van der Waals surface area contributed by atoms with Gasteiger partial charge in [0.05, 0.1) is 27.7 Å². The summed E-state index contributed by atoms with van der Waals surface area (Å²) in [5, 5.41) is 0. The fourth-order valence-electron chi connectivity index (χ4n) is 3.52. The van der Waals surface area contributed by atoms with Gasteiger partial charge < -0.3 is 4.74 Å². The van der Waals surface area contributed by atoms with Gasteiger partial charge in [0.25, 0.3) is 0 Å². The summed E-state index contributed by atoms with van der Waals surface area (Å²) in [5.41, 5.74) is 4.02. The lowest BCUT2D eigenvalue weighted by molar-refractivity contribution is 0.287. The predicted molar refractivity (Wildman–Crippen MR) is 133 cm³/mol. The van der Waals surface area contributed by atoms with Crippen molar-refractivity contribution in [3.8, 4) is 5.75 Å². The lowest BCUT2D eigenvalue weighted by atomic mass is 10.1. The van der Waals surface area contributed by atoms with Crippen molar-refractivity contribution in [1.29, 1.82) is 0 Å². The van der Waals surface area contributed by atoms with Crippen molar-refractivity contribution in [3.05, 3.63) is 93.1 Å². The van der Waals surface area contributed by atoms with E-state index in [0.717, 1.165) is 28.0 Å². The Bertz CT molecular complexity index is 1440. The molecule has 0 bridgehead atoms. The zero-order valence-corrected chi connectivity index (χ0v) is 20.4. The first-order chi connectivity index (χ1) is 15.7. The van der Waals surface area contributed by atoms with Crippen molar-refractivity contribution in [2.45, 2.75) is 38.3 Å². The summed E-state index contributed by atoms with van der Waals surface area (Å²) >= 11 is 1.05. The molecule has 0 saturated heterocycles. The van der Waals surface area contributed by atoms with Gasteiger partial charge in [0.2, 0.25) is 10.0 Å². The number of rotatable bonds is 8. The van der Waals surface area contributed by atoms with Crippen LogP contribution in [-0.2, 0) is 16.6 Å². The number of sulfonamides is 1. The molecule has 0 saturated carbocycles. The number of hydrogen-bond donors (Lipinski definition) is 1. The van der Waals surface area contributed by atoms with E-state index in [1.807, 2.05) is 62.4 Å². The van der Waals surface area contributed by atoms with Crippen molar-refractivity contribution < 1.29 is 13.2 Å². The molecule has 1 N–H and O–H groups in total. The Morgan fingerprint density at radius 3 is 2.48 bits per heavy atom. The molecule has 4 rings (SSSR count). The molecule has 1 unspecified atom stereocenters. The monoisotopic (exact) mass is 482 g/mol. The lowest BCUT2D eigenvalue weighted by Crippen LogP contribution is -2.36. The van der Waals surface area contributed by atoms with Crippen molar-refractivity contribution in [3.63, 3.8) is 0 Å². The molecule has 1 heterocycles. The molecule has 1 aromatic heterocycles. The highest BCUT2D eigenvalue weighted by atomic mass is 32.2. The minimum absolute atomic E-state index is 0.119. The van der Waals surface area contributed by atoms with Crippen LogP contribution in [0, 0.1) is 13.8 Å². The Labute approximate surface area is 197 Å². The van der Waals surface area contributed by atoms with Crippen LogP contribution in [0.3, 0.4) is 0 Å². The van der Waals surface area contributed by atoms with E-state index >= 15 is 0 Å². The van der Waals surface area contributed by atoms with E-state index in [-0.39, 0.29) is 16.4 Å². The summed E-state index contributed by atoms with van der Waals surface area (Å²) in [5.74, 6) is 0.704. The summed E-state index contributed by atoms with van der Waals surface area (Å²) in [7, 11) is -3.77. The van der Waals surface area contributed by atoms with Gasteiger partial charge in [-0.2, -0.15) is 0 Å². The number of aromatic nitrogens is 1. The van der Waals surface area contributed by atoms with Crippen molar-refractivity contribution in [1.82, 2.24) is 9.29 Å². The van der Waals surface area contributed by atoms with Crippen LogP contribution >= 0.6 is 11.3 Å². The lowest BCUT2D eigenvalue weighted by Gasteiger charge is -2.16. The third-order valence-electron chi connectivity index (χ3n) is 5.47. The van der Waals surface area contributed by atoms with Gasteiger partial charge in [-0.15, -0.1) is 0 Å². The van der Waals surface area contributed by atoms with E-state index in [9.17, 15) is 13.2 Å². The van der Waals surface area contributed by atoms with Crippen LogP contribution in [0.5, 0.6) is 5.75 Å². The molecule has 3 aromatic carbocycles. The van der Waals surface area contributed by atoms with E-state index in [4.69, 9.17) is 4.74 Å². The predicted octanol–water partition coefficient (Wildman–Crippen LogP) is 4.47. The van der Waals surface area contributed by atoms with E-state index in [0.29, 0.717) is 17.0 Å². The molecule has 0 aliphatic rings. The molecule has 0 fully saturated rings. The minimum Gasteiger partial charge on any atom is -0.492 e. The van der Waals surface area contributed by atoms with Crippen LogP contribution in [0.4, 0.5) is 0 Å². The standard InChI is InChI=1S/C25H26N2O4S2/c1-17-9-10-21(13-18(17)2)31-16-19(3)26-33(29,30)22-11-12-23-24(14-22)32-25(28)27(23)15-20-7-5-4-6-8-20/h4-14,19,26H,15-16H2,1-3H3. The van der Waals surface area contributed by atoms with Crippen LogP contribution in [0.1, 0.15) is 23.6 Å².